The number of aromatic carboxylic acids is 1. The maximum Gasteiger partial charge on any atom is 0.337 e. The molecule has 1 aromatic heterocycles. The van der Waals surface area contributed by atoms with Gasteiger partial charge in [0.25, 0.3) is 0 Å². The van der Waals surface area contributed by atoms with Gasteiger partial charge in [0.1, 0.15) is 5.75 Å². The van der Waals surface area contributed by atoms with Crippen molar-refractivity contribution in [3.05, 3.63) is 51.7 Å². The molecule has 0 aliphatic heterocycles. The zero-order valence-corrected chi connectivity index (χ0v) is 10.4. The van der Waals surface area contributed by atoms with E-state index in [1.54, 1.807) is 24.3 Å². The molecular weight excluding hydrogens is 252 g/mol. The van der Waals surface area contributed by atoms with Crippen molar-refractivity contribution in [3.8, 4) is 5.75 Å². The van der Waals surface area contributed by atoms with Gasteiger partial charge in [0, 0.05) is 16.3 Å². The zero-order valence-electron chi connectivity index (χ0n) is 9.54. The molecule has 0 unspecified atom stereocenters. The van der Waals surface area contributed by atoms with Crippen molar-refractivity contribution >= 4 is 23.1 Å². The van der Waals surface area contributed by atoms with E-state index in [2.05, 4.69) is 0 Å². The van der Waals surface area contributed by atoms with Crippen LogP contribution in [0.4, 0.5) is 0 Å². The predicted molar refractivity (Wildman–Crippen MR) is 67.7 cm³/mol. The van der Waals surface area contributed by atoms with Crippen LogP contribution in [0.25, 0.3) is 0 Å². The fourth-order valence-corrected chi connectivity index (χ4v) is 2.42. The maximum absolute atomic E-state index is 12.3. The van der Waals surface area contributed by atoms with Gasteiger partial charge in [0.15, 0.2) is 5.78 Å². The molecule has 92 valence electrons. The topological polar surface area (TPSA) is 63.6 Å². The molecule has 4 nitrogen and oxygen atoms in total. The summed E-state index contributed by atoms with van der Waals surface area (Å²) in [5, 5.41) is 12.0. The Labute approximate surface area is 107 Å². The minimum atomic E-state index is -1.10. The van der Waals surface area contributed by atoms with Crippen LogP contribution in [0.5, 0.6) is 5.75 Å². The maximum atomic E-state index is 12.3. The fraction of sp³-hybridized carbons (Fsp3) is 0.0769. The first-order valence-electron chi connectivity index (χ1n) is 5.12. The first kappa shape index (κ1) is 12.3. The average Bonchev–Trinajstić information content (AvgIpc) is 2.87. The van der Waals surface area contributed by atoms with Crippen LogP contribution in [0.15, 0.2) is 35.0 Å². The van der Waals surface area contributed by atoms with Crippen LogP contribution in [0.3, 0.4) is 0 Å². The Hall–Kier alpha value is -2.14. The van der Waals surface area contributed by atoms with Crippen LogP contribution >= 0.6 is 11.3 Å². The highest BCUT2D eigenvalue weighted by atomic mass is 32.1. The molecule has 0 saturated heterocycles. The van der Waals surface area contributed by atoms with Crippen molar-refractivity contribution in [1.29, 1.82) is 0 Å². The molecule has 2 aromatic rings. The average molecular weight is 262 g/mol. The smallest absolute Gasteiger partial charge is 0.337 e. The van der Waals surface area contributed by atoms with Gasteiger partial charge in [0.05, 0.1) is 18.2 Å². The summed E-state index contributed by atoms with van der Waals surface area (Å²) in [6.07, 6.45) is 0. The SMILES string of the molecule is COc1ccccc1C(=O)c1cscc1C(=O)O. The van der Waals surface area contributed by atoms with Crippen LogP contribution < -0.4 is 4.74 Å². The third-order valence-electron chi connectivity index (χ3n) is 2.49. The molecule has 1 heterocycles. The summed E-state index contributed by atoms with van der Waals surface area (Å²) < 4.78 is 5.10. The molecule has 18 heavy (non-hydrogen) atoms. The number of rotatable bonds is 4. The summed E-state index contributed by atoms with van der Waals surface area (Å²) >= 11 is 1.19. The predicted octanol–water partition coefficient (Wildman–Crippen LogP) is 2.69. The number of para-hydroxylation sites is 1. The Morgan fingerprint density at radius 1 is 1.11 bits per heavy atom. The van der Waals surface area contributed by atoms with Gasteiger partial charge in [-0.3, -0.25) is 4.79 Å². The molecule has 0 spiro atoms. The molecule has 1 aromatic carbocycles. The molecule has 5 heteroatoms. The van der Waals surface area contributed by atoms with Gasteiger partial charge < -0.3 is 9.84 Å². The summed E-state index contributed by atoms with van der Waals surface area (Å²) in [6.45, 7) is 0. The number of ether oxygens (including phenoxy) is 1. The third-order valence-corrected chi connectivity index (χ3v) is 3.23. The number of thiophene rings is 1. The van der Waals surface area contributed by atoms with Gasteiger partial charge in [-0.2, -0.15) is 11.3 Å². The van der Waals surface area contributed by atoms with Crippen molar-refractivity contribution in [1.82, 2.24) is 0 Å². The molecule has 0 fully saturated rings. The summed E-state index contributed by atoms with van der Waals surface area (Å²) in [7, 11) is 1.47. The van der Waals surface area contributed by atoms with E-state index in [4.69, 9.17) is 9.84 Å². The molecule has 0 aliphatic carbocycles. The van der Waals surface area contributed by atoms with E-state index in [1.165, 1.54) is 29.2 Å². The second-order valence-electron chi connectivity index (χ2n) is 3.53. The van der Waals surface area contributed by atoms with Crippen LogP contribution in [-0.4, -0.2) is 24.0 Å². The van der Waals surface area contributed by atoms with Crippen LogP contribution in [-0.2, 0) is 0 Å². The Balaban J connectivity index is 2.48. The highest BCUT2D eigenvalue weighted by Gasteiger charge is 2.21. The van der Waals surface area contributed by atoms with E-state index >= 15 is 0 Å². The number of carboxylic acids is 1. The number of hydrogen-bond donors (Lipinski definition) is 1. The molecule has 0 atom stereocenters. The molecule has 2 rings (SSSR count). The third kappa shape index (κ3) is 2.12. The summed E-state index contributed by atoms with van der Waals surface area (Å²) in [6, 6.07) is 6.74. The minimum Gasteiger partial charge on any atom is -0.496 e. The first-order chi connectivity index (χ1) is 8.65. The van der Waals surface area contributed by atoms with Gasteiger partial charge >= 0.3 is 5.97 Å². The summed E-state index contributed by atoms with van der Waals surface area (Å²) in [4.78, 5) is 23.3. The van der Waals surface area contributed by atoms with E-state index < -0.39 is 5.97 Å². The standard InChI is InChI=1S/C13H10O4S/c1-17-11-5-3-2-4-8(11)12(14)9-6-18-7-10(9)13(15)16/h2-7H,1H3,(H,15,16). The summed E-state index contributed by atoms with van der Waals surface area (Å²) in [5.74, 6) is -1.01. The Bertz CT molecular complexity index is 601. The van der Waals surface area contributed by atoms with Gasteiger partial charge in [-0.25, -0.2) is 4.79 Å². The molecule has 1 N–H and O–H groups in total. The number of ketones is 1. The molecule has 0 amide bonds. The number of hydrogen-bond acceptors (Lipinski definition) is 4. The van der Waals surface area contributed by atoms with Gasteiger partial charge in [0.2, 0.25) is 0 Å². The molecule has 0 saturated carbocycles. The number of carboxylic acid groups (broad SMARTS) is 1. The molecule has 0 bridgehead atoms. The Morgan fingerprint density at radius 3 is 2.44 bits per heavy atom. The largest absolute Gasteiger partial charge is 0.496 e. The first-order valence-corrected chi connectivity index (χ1v) is 6.06. The number of benzene rings is 1. The molecule has 0 aliphatic rings. The van der Waals surface area contributed by atoms with E-state index in [0.717, 1.165) is 0 Å². The lowest BCUT2D eigenvalue weighted by atomic mass is 10.0. The Morgan fingerprint density at radius 2 is 1.78 bits per heavy atom. The normalized spacial score (nSPS) is 10.1. The lowest BCUT2D eigenvalue weighted by molar-refractivity contribution is 0.0693. The fourth-order valence-electron chi connectivity index (χ4n) is 1.62. The number of carbonyl (C=O) groups is 2. The monoisotopic (exact) mass is 262 g/mol. The number of methoxy groups -OCH3 is 1. The van der Waals surface area contributed by atoms with E-state index in [0.29, 0.717) is 11.3 Å². The van der Waals surface area contributed by atoms with Crippen molar-refractivity contribution in [2.24, 2.45) is 0 Å². The number of carbonyl (C=O) groups excluding carboxylic acids is 1. The van der Waals surface area contributed by atoms with Crippen molar-refractivity contribution in [2.45, 2.75) is 0 Å². The van der Waals surface area contributed by atoms with Crippen molar-refractivity contribution < 1.29 is 19.4 Å². The lowest BCUT2D eigenvalue weighted by Crippen LogP contribution is -2.08. The minimum absolute atomic E-state index is 0.0240. The highest BCUT2D eigenvalue weighted by Crippen LogP contribution is 2.24. The quantitative estimate of drug-likeness (QED) is 0.860. The molecule has 0 radical (unpaired) electrons. The zero-order chi connectivity index (χ0) is 13.1. The lowest BCUT2D eigenvalue weighted by Gasteiger charge is -2.06. The van der Waals surface area contributed by atoms with E-state index in [9.17, 15) is 9.59 Å². The second-order valence-corrected chi connectivity index (χ2v) is 4.28. The van der Waals surface area contributed by atoms with Crippen LogP contribution in [0, 0.1) is 0 Å². The second kappa shape index (κ2) is 5.01. The van der Waals surface area contributed by atoms with Crippen LogP contribution in [0.2, 0.25) is 0 Å². The van der Waals surface area contributed by atoms with E-state index in [-0.39, 0.29) is 16.9 Å². The van der Waals surface area contributed by atoms with Gasteiger partial charge in [-0.1, -0.05) is 12.1 Å². The van der Waals surface area contributed by atoms with E-state index in [1.807, 2.05) is 0 Å². The molecular formula is C13H10O4S. The van der Waals surface area contributed by atoms with Crippen LogP contribution in [0.1, 0.15) is 26.3 Å². The Kier molecular flexibility index (Phi) is 3.43. The van der Waals surface area contributed by atoms with Crippen molar-refractivity contribution in [2.75, 3.05) is 7.11 Å². The van der Waals surface area contributed by atoms with Crippen molar-refractivity contribution in [3.63, 3.8) is 0 Å². The van der Waals surface area contributed by atoms with Gasteiger partial charge in [-0.15, -0.1) is 0 Å². The summed E-state index contributed by atoms with van der Waals surface area (Å²) in [5.41, 5.74) is 0.578. The van der Waals surface area contributed by atoms with Gasteiger partial charge in [-0.05, 0) is 12.1 Å². The highest BCUT2D eigenvalue weighted by molar-refractivity contribution is 7.08.